The number of benzene rings is 3. The Morgan fingerprint density at radius 3 is 2.42 bits per heavy atom. The van der Waals surface area contributed by atoms with Crippen LogP contribution < -0.4 is 4.74 Å². The highest BCUT2D eigenvalue weighted by molar-refractivity contribution is 6.33. The summed E-state index contributed by atoms with van der Waals surface area (Å²) in [6, 6.07) is 17.3. The lowest BCUT2D eigenvalue weighted by molar-refractivity contribution is -0.137. The number of hydrogen-bond donors (Lipinski definition) is 1. The minimum Gasteiger partial charge on any atom is -0.491 e. The Kier molecular flexibility index (Phi) is 8.35. The molecule has 0 aliphatic carbocycles. The van der Waals surface area contributed by atoms with E-state index in [-0.39, 0.29) is 12.5 Å². The smallest absolute Gasteiger partial charge is 0.416 e. The summed E-state index contributed by atoms with van der Waals surface area (Å²) in [4.78, 5) is 13.2. The highest BCUT2D eigenvalue weighted by Crippen LogP contribution is 2.32. The van der Waals surface area contributed by atoms with Crippen molar-refractivity contribution in [3.05, 3.63) is 83.1 Å². The Bertz CT molecular complexity index is 1680. The van der Waals surface area contributed by atoms with E-state index in [9.17, 15) is 18.3 Å². The number of aliphatic hydroxyl groups is 1. The van der Waals surface area contributed by atoms with Crippen molar-refractivity contribution >= 4 is 22.7 Å². The molecule has 2 aromatic heterocycles. The summed E-state index contributed by atoms with van der Waals surface area (Å²) in [6.45, 7) is 3.95. The van der Waals surface area contributed by atoms with Crippen molar-refractivity contribution in [3.63, 3.8) is 0 Å². The van der Waals surface area contributed by atoms with Crippen LogP contribution in [0.4, 0.5) is 13.2 Å². The van der Waals surface area contributed by atoms with Crippen LogP contribution in [0.5, 0.6) is 5.75 Å². The predicted octanol–water partition coefficient (Wildman–Crippen LogP) is 5.77. The maximum atomic E-state index is 12.8. The topological polar surface area (TPSA) is 101 Å². The van der Waals surface area contributed by atoms with Gasteiger partial charge in [0.05, 0.1) is 22.7 Å². The van der Waals surface area contributed by atoms with Gasteiger partial charge >= 0.3 is 6.18 Å². The average Bonchev–Trinajstić information content (AvgIpc) is 3.64. The van der Waals surface area contributed by atoms with E-state index in [4.69, 9.17) is 25.3 Å². The Labute approximate surface area is 249 Å². The molecule has 1 aliphatic rings. The van der Waals surface area contributed by atoms with E-state index in [1.165, 1.54) is 12.1 Å². The van der Waals surface area contributed by atoms with Crippen LogP contribution >= 0.6 is 11.6 Å². The number of aromatic nitrogens is 3. The van der Waals surface area contributed by atoms with E-state index >= 15 is 0 Å². The number of rotatable bonds is 9. The molecule has 0 unspecified atom stereocenters. The second kappa shape index (κ2) is 12.3. The van der Waals surface area contributed by atoms with Gasteiger partial charge in [-0.2, -0.15) is 18.2 Å². The lowest BCUT2D eigenvalue weighted by Crippen LogP contribution is -2.48. The molecule has 0 bridgehead atoms. The third kappa shape index (κ3) is 6.99. The Morgan fingerprint density at radius 2 is 1.67 bits per heavy atom. The van der Waals surface area contributed by atoms with Crippen molar-refractivity contribution in [1.29, 1.82) is 0 Å². The molecule has 3 heterocycles. The first-order valence-electron chi connectivity index (χ1n) is 13.6. The fraction of sp³-hybridized carbons (Fsp3) is 0.300. The summed E-state index contributed by atoms with van der Waals surface area (Å²) in [7, 11) is 0. The van der Waals surface area contributed by atoms with Crippen molar-refractivity contribution in [2.24, 2.45) is 0 Å². The van der Waals surface area contributed by atoms with Gasteiger partial charge in [-0.3, -0.25) is 9.80 Å². The second-order valence-corrected chi connectivity index (χ2v) is 10.7. The number of fused-ring (bicyclic) bond motifs is 1. The van der Waals surface area contributed by atoms with Gasteiger partial charge in [0.25, 0.3) is 5.89 Å². The molecule has 0 amide bonds. The number of oxazole rings is 1. The predicted molar refractivity (Wildman–Crippen MR) is 152 cm³/mol. The van der Waals surface area contributed by atoms with Crippen LogP contribution in [0.15, 0.2) is 75.7 Å². The van der Waals surface area contributed by atoms with Crippen LogP contribution in [0.3, 0.4) is 0 Å². The second-order valence-electron chi connectivity index (χ2n) is 10.3. The number of nitrogens with zero attached hydrogens (tertiary/aromatic N) is 5. The molecule has 0 spiro atoms. The fourth-order valence-corrected chi connectivity index (χ4v) is 5.07. The summed E-state index contributed by atoms with van der Waals surface area (Å²) in [6.07, 6.45) is -5.09. The van der Waals surface area contributed by atoms with Crippen LogP contribution in [0, 0.1) is 0 Å². The zero-order valence-corrected chi connectivity index (χ0v) is 23.6. The molecule has 224 valence electrons. The summed E-state index contributed by atoms with van der Waals surface area (Å²) in [5.41, 5.74) is 1.64. The third-order valence-electron chi connectivity index (χ3n) is 7.13. The highest BCUT2D eigenvalue weighted by Gasteiger charge is 2.30. The Balaban J connectivity index is 0.955. The number of piperazine rings is 1. The van der Waals surface area contributed by atoms with Crippen LogP contribution in [0.2, 0.25) is 5.02 Å². The molecule has 6 rings (SSSR count). The molecule has 3 aromatic carbocycles. The monoisotopic (exact) mass is 613 g/mol. The third-order valence-corrected chi connectivity index (χ3v) is 7.46. The lowest BCUT2D eigenvalue weighted by Gasteiger charge is -2.34. The molecule has 1 atom stereocenters. The van der Waals surface area contributed by atoms with Crippen LogP contribution in [-0.4, -0.2) is 75.5 Å². The maximum Gasteiger partial charge on any atom is 0.416 e. The van der Waals surface area contributed by atoms with E-state index in [1.807, 2.05) is 18.2 Å². The first kappa shape index (κ1) is 29.1. The van der Waals surface area contributed by atoms with Crippen LogP contribution in [-0.2, 0) is 12.7 Å². The zero-order chi connectivity index (χ0) is 30.0. The standard InChI is InChI=1S/C30H27ClF3N5O4/c31-24-4-2-1-3-23(24)29-35-25-15-22(9-10-26(25)42-29)41-18-21(40)16-38-11-13-39(14-12-38)17-27-36-28(43-37-27)19-5-7-20(8-6-19)30(32,33)34/h1-10,15,21,40H,11-14,16-18H2/t21-/m1/s1. The molecule has 1 N–H and O–H groups in total. The molecule has 0 radical (unpaired) electrons. The number of halogens is 4. The number of β-amino-alcohol motifs (C(OH)–C–C–N with tert-alkyl or cyclic N) is 1. The molecular weight excluding hydrogens is 587 g/mol. The van der Waals surface area contributed by atoms with Gasteiger partial charge < -0.3 is 18.8 Å². The summed E-state index contributed by atoms with van der Waals surface area (Å²) in [5, 5.41) is 15.1. The van der Waals surface area contributed by atoms with E-state index in [0.717, 1.165) is 38.3 Å². The summed E-state index contributed by atoms with van der Waals surface area (Å²) in [5.74, 6) is 1.64. The number of aliphatic hydroxyl groups excluding tert-OH is 1. The van der Waals surface area contributed by atoms with Gasteiger partial charge in [0.15, 0.2) is 11.4 Å². The maximum absolute atomic E-state index is 12.8. The van der Waals surface area contributed by atoms with Gasteiger partial charge in [-0.1, -0.05) is 28.9 Å². The summed E-state index contributed by atoms with van der Waals surface area (Å²) < 4.78 is 55.4. The first-order valence-corrected chi connectivity index (χ1v) is 14.0. The van der Waals surface area contributed by atoms with Gasteiger partial charge in [-0.25, -0.2) is 4.98 Å². The van der Waals surface area contributed by atoms with Crippen LogP contribution in [0.1, 0.15) is 11.4 Å². The highest BCUT2D eigenvalue weighted by atomic mass is 35.5. The molecule has 13 heteroatoms. The summed E-state index contributed by atoms with van der Waals surface area (Å²) >= 11 is 6.27. The van der Waals surface area contributed by atoms with Gasteiger partial charge in [0, 0.05) is 44.4 Å². The van der Waals surface area contributed by atoms with Gasteiger partial charge in [-0.15, -0.1) is 0 Å². The normalized spacial score (nSPS) is 15.7. The molecule has 1 saturated heterocycles. The van der Waals surface area contributed by atoms with Crippen molar-refractivity contribution in [1.82, 2.24) is 24.9 Å². The lowest BCUT2D eigenvalue weighted by atomic mass is 10.1. The Hall–Kier alpha value is -3.97. The van der Waals surface area contributed by atoms with Gasteiger partial charge in [0.1, 0.15) is 24.0 Å². The molecule has 9 nitrogen and oxygen atoms in total. The van der Waals surface area contributed by atoms with E-state index in [1.54, 1.807) is 24.3 Å². The fourth-order valence-electron chi connectivity index (χ4n) is 4.86. The van der Waals surface area contributed by atoms with Crippen molar-refractivity contribution < 1.29 is 32.0 Å². The van der Waals surface area contributed by atoms with Crippen molar-refractivity contribution in [2.45, 2.75) is 18.8 Å². The number of ether oxygens (including phenoxy) is 1. The molecule has 1 fully saturated rings. The molecule has 5 aromatic rings. The molecule has 0 saturated carbocycles. The SMILES string of the molecule is O[C@@H](COc1ccc2oc(-c3ccccc3Cl)nc2c1)CN1CCN(Cc2noc(-c3ccc(C(F)(F)F)cc3)n2)CC1. The van der Waals surface area contributed by atoms with Gasteiger partial charge in [0.2, 0.25) is 5.89 Å². The molecular formula is C30H27ClF3N5O4. The van der Waals surface area contributed by atoms with E-state index in [0.29, 0.717) is 57.8 Å². The van der Waals surface area contributed by atoms with E-state index in [2.05, 4.69) is 24.9 Å². The average molecular weight is 614 g/mol. The number of hydrogen-bond acceptors (Lipinski definition) is 9. The largest absolute Gasteiger partial charge is 0.491 e. The molecule has 43 heavy (non-hydrogen) atoms. The minimum absolute atomic E-state index is 0.122. The first-order chi connectivity index (χ1) is 20.7. The van der Waals surface area contributed by atoms with E-state index < -0.39 is 17.8 Å². The van der Waals surface area contributed by atoms with Gasteiger partial charge in [-0.05, 0) is 48.5 Å². The van der Waals surface area contributed by atoms with Crippen molar-refractivity contribution in [3.8, 4) is 28.7 Å². The van der Waals surface area contributed by atoms with Crippen LogP contribution in [0.25, 0.3) is 34.0 Å². The minimum atomic E-state index is -4.40. The Morgan fingerprint density at radius 1 is 0.930 bits per heavy atom. The zero-order valence-electron chi connectivity index (χ0n) is 22.8. The quantitative estimate of drug-likeness (QED) is 0.222. The number of alkyl halides is 3. The van der Waals surface area contributed by atoms with Crippen molar-refractivity contribution in [2.75, 3.05) is 39.3 Å². The molecule has 1 aliphatic heterocycles.